The second-order valence-electron chi connectivity index (χ2n) is 6.72. The molecule has 2 aliphatic heterocycles. The topological polar surface area (TPSA) is 78.2 Å². The van der Waals surface area contributed by atoms with Crippen LogP contribution in [0.1, 0.15) is 29.4 Å². The molecule has 1 unspecified atom stereocenters. The molecule has 0 radical (unpaired) electrons. The average molecular weight is 350 g/mol. The lowest BCUT2D eigenvalue weighted by atomic mass is 10.0. The number of pyridine rings is 1. The first-order valence-electron chi connectivity index (χ1n) is 9.03. The van der Waals surface area contributed by atoms with Gasteiger partial charge >= 0.3 is 0 Å². The Labute approximate surface area is 153 Å². The molecule has 7 heteroatoms. The van der Waals surface area contributed by atoms with E-state index in [2.05, 4.69) is 36.9 Å². The predicted molar refractivity (Wildman–Crippen MR) is 98.3 cm³/mol. The maximum atomic E-state index is 9.29. The van der Waals surface area contributed by atoms with Crippen molar-refractivity contribution in [3.63, 3.8) is 0 Å². The maximum absolute atomic E-state index is 9.29. The number of ether oxygens (including phenoxy) is 1. The van der Waals surface area contributed by atoms with Crippen LogP contribution in [0.2, 0.25) is 0 Å². The van der Waals surface area contributed by atoms with Crippen LogP contribution in [0.5, 0.6) is 0 Å². The van der Waals surface area contributed by atoms with Crippen molar-refractivity contribution in [2.24, 2.45) is 0 Å². The fourth-order valence-corrected chi connectivity index (χ4v) is 3.60. The van der Waals surface area contributed by atoms with Crippen LogP contribution in [0.4, 0.5) is 11.6 Å². The van der Waals surface area contributed by atoms with Gasteiger partial charge in [-0.25, -0.2) is 15.0 Å². The third kappa shape index (κ3) is 3.33. The van der Waals surface area contributed by atoms with Gasteiger partial charge in [0.1, 0.15) is 23.5 Å². The van der Waals surface area contributed by atoms with Gasteiger partial charge in [-0.2, -0.15) is 5.26 Å². The van der Waals surface area contributed by atoms with Gasteiger partial charge in [0.25, 0.3) is 0 Å². The van der Waals surface area contributed by atoms with Gasteiger partial charge in [-0.05, 0) is 25.5 Å². The van der Waals surface area contributed by atoms with Crippen molar-refractivity contribution in [3.8, 4) is 6.07 Å². The largest absolute Gasteiger partial charge is 0.381 e. The molecule has 0 aliphatic carbocycles. The standard InChI is InChI=1S/C19H22N6O/c1-14-22-17(16-4-10-26-13-16)11-18(23-14)24-6-8-25(9-7-24)19-15(12-20)3-2-5-21-19/h2-3,5,11,16H,4,6-10,13H2,1H3. The fourth-order valence-electron chi connectivity index (χ4n) is 3.60. The number of nitrogens with zero attached hydrogens (tertiary/aromatic N) is 6. The van der Waals surface area contributed by atoms with Crippen molar-refractivity contribution >= 4 is 11.6 Å². The zero-order valence-corrected chi connectivity index (χ0v) is 14.9. The van der Waals surface area contributed by atoms with Crippen LogP contribution in [0.3, 0.4) is 0 Å². The van der Waals surface area contributed by atoms with Crippen LogP contribution in [0.15, 0.2) is 24.4 Å². The van der Waals surface area contributed by atoms with E-state index in [1.807, 2.05) is 13.0 Å². The second-order valence-corrected chi connectivity index (χ2v) is 6.72. The molecule has 0 amide bonds. The van der Waals surface area contributed by atoms with E-state index in [-0.39, 0.29) is 0 Å². The van der Waals surface area contributed by atoms with Crippen LogP contribution >= 0.6 is 0 Å². The van der Waals surface area contributed by atoms with Crippen LogP contribution in [-0.4, -0.2) is 54.3 Å². The number of anilines is 2. The highest BCUT2D eigenvalue weighted by atomic mass is 16.5. The van der Waals surface area contributed by atoms with E-state index < -0.39 is 0 Å². The highest BCUT2D eigenvalue weighted by molar-refractivity contribution is 5.55. The van der Waals surface area contributed by atoms with E-state index >= 15 is 0 Å². The summed E-state index contributed by atoms with van der Waals surface area (Å²) in [6.45, 7) is 6.84. The first-order valence-corrected chi connectivity index (χ1v) is 9.03. The Balaban J connectivity index is 1.49. The van der Waals surface area contributed by atoms with E-state index in [1.165, 1.54) is 0 Å². The quantitative estimate of drug-likeness (QED) is 0.836. The molecule has 4 rings (SSSR count). The van der Waals surface area contributed by atoms with E-state index in [4.69, 9.17) is 4.74 Å². The molecule has 7 nitrogen and oxygen atoms in total. The molecule has 0 spiro atoms. The summed E-state index contributed by atoms with van der Waals surface area (Å²) in [4.78, 5) is 18.1. The lowest BCUT2D eigenvalue weighted by Crippen LogP contribution is -2.47. The zero-order valence-electron chi connectivity index (χ0n) is 14.9. The molecule has 0 bridgehead atoms. The number of hydrogen-bond acceptors (Lipinski definition) is 7. The Morgan fingerprint density at radius 3 is 2.73 bits per heavy atom. The molecule has 134 valence electrons. The first kappa shape index (κ1) is 16.7. The smallest absolute Gasteiger partial charge is 0.146 e. The number of piperazine rings is 1. The van der Waals surface area contributed by atoms with Gasteiger partial charge in [-0.15, -0.1) is 0 Å². The normalized spacial score (nSPS) is 20.2. The molecule has 2 aliphatic rings. The van der Waals surface area contributed by atoms with Gasteiger partial charge < -0.3 is 14.5 Å². The molecule has 2 aromatic rings. The van der Waals surface area contributed by atoms with Gasteiger partial charge in [0, 0.05) is 51.0 Å². The van der Waals surface area contributed by atoms with Gasteiger partial charge in [-0.1, -0.05) is 0 Å². The molecule has 2 fully saturated rings. The minimum absolute atomic E-state index is 0.378. The van der Waals surface area contributed by atoms with Gasteiger partial charge in [-0.3, -0.25) is 0 Å². The maximum Gasteiger partial charge on any atom is 0.146 e. The highest BCUT2D eigenvalue weighted by Crippen LogP contribution is 2.27. The molecule has 2 aromatic heterocycles. The number of rotatable bonds is 3. The minimum atomic E-state index is 0.378. The predicted octanol–water partition coefficient (Wildman–Crippen LogP) is 1.88. The summed E-state index contributed by atoms with van der Waals surface area (Å²) in [6, 6.07) is 7.97. The molecule has 0 saturated carbocycles. The summed E-state index contributed by atoms with van der Waals surface area (Å²) < 4.78 is 5.51. The molecule has 26 heavy (non-hydrogen) atoms. The molecular formula is C19H22N6O. The average Bonchev–Trinajstić information content (AvgIpc) is 3.22. The van der Waals surface area contributed by atoms with E-state index in [0.29, 0.717) is 11.5 Å². The van der Waals surface area contributed by atoms with Crippen LogP contribution < -0.4 is 9.80 Å². The molecule has 4 heterocycles. The number of aryl methyl sites for hydroxylation is 1. The van der Waals surface area contributed by atoms with Crippen LogP contribution in [-0.2, 0) is 4.74 Å². The lowest BCUT2D eigenvalue weighted by Gasteiger charge is -2.36. The van der Waals surface area contributed by atoms with Crippen molar-refractivity contribution in [3.05, 3.63) is 41.5 Å². The lowest BCUT2D eigenvalue weighted by molar-refractivity contribution is 0.193. The van der Waals surface area contributed by atoms with Crippen molar-refractivity contribution < 1.29 is 4.74 Å². The Morgan fingerprint density at radius 1 is 1.19 bits per heavy atom. The molecule has 2 saturated heterocycles. The van der Waals surface area contributed by atoms with Crippen molar-refractivity contribution in [2.45, 2.75) is 19.3 Å². The number of nitriles is 1. The molecule has 0 N–H and O–H groups in total. The summed E-state index contributed by atoms with van der Waals surface area (Å²) in [5.74, 6) is 2.95. The molecule has 1 atom stereocenters. The number of aromatic nitrogens is 3. The van der Waals surface area contributed by atoms with Gasteiger partial charge in [0.05, 0.1) is 17.9 Å². The summed E-state index contributed by atoms with van der Waals surface area (Å²) in [5.41, 5.74) is 1.71. The Morgan fingerprint density at radius 2 is 2.00 bits per heavy atom. The summed E-state index contributed by atoms with van der Waals surface area (Å²) in [5, 5.41) is 9.29. The molecule has 0 aromatic carbocycles. The summed E-state index contributed by atoms with van der Waals surface area (Å²) in [7, 11) is 0. The first-order chi connectivity index (χ1) is 12.7. The monoisotopic (exact) mass is 350 g/mol. The third-order valence-electron chi connectivity index (χ3n) is 5.00. The molecular weight excluding hydrogens is 328 g/mol. The minimum Gasteiger partial charge on any atom is -0.381 e. The van der Waals surface area contributed by atoms with Crippen molar-refractivity contribution in [1.82, 2.24) is 15.0 Å². The highest BCUT2D eigenvalue weighted by Gasteiger charge is 2.24. The van der Waals surface area contributed by atoms with E-state index in [1.54, 1.807) is 12.3 Å². The van der Waals surface area contributed by atoms with Crippen molar-refractivity contribution in [1.29, 1.82) is 5.26 Å². The van der Waals surface area contributed by atoms with Gasteiger partial charge in [0.2, 0.25) is 0 Å². The number of hydrogen-bond donors (Lipinski definition) is 0. The van der Waals surface area contributed by atoms with Crippen LogP contribution in [0, 0.1) is 18.3 Å². The Hall–Kier alpha value is -2.72. The van der Waals surface area contributed by atoms with E-state index in [0.717, 1.165) is 69.0 Å². The fraction of sp³-hybridized carbons (Fsp3) is 0.474. The summed E-state index contributed by atoms with van der Waals surface area (Å²) >= 11 is 0. The van der Waals surface area contributed by atoms with Gasteiger partial charge in [0.15, 0.2) is 0 Å². The summed E-state index contributed by atoms with van der Waals surface area (Å²) in [6.07, 6.45) is 2.77. The van der Waals surface area contributed by atoms with E-state index in [9.17, 15) is 5.26 Å². The zero-order chi connectivity index (χ0) is 17.9. The van der Waals surface area contributed by atoms with Crippen molar-refractivity contribution in [2.75, 3.05) is 49.2 Å². The van der Waals surface area contributed by atoms with Crippen LogP contribution in [0.25, 0.3) is 0 Å². The second kappa shape index (κ2) is 7.26. The Bertz CT molecular complexity index is 819. The third-order valence-corrected chi connectivity index (χ3v) is 5.00. The SMILES string of the molecule is Cc1nc(C2CCOC2)cc(N2CCN(c3ncccc3C#N)CC2)n1. The Kier molecular flexibility index (Phi) is 4.67.